The van der Waals surface area contributed by atoms with Crippen LogP contribution < -0.4 is 15.9 Å². The molecule has 1 atom stereocenters. The SMILES string of the molecule is COc1ccc(C2C=CC(N)=NN2)cc1. The molecule has 1 unspecified atom stereocenters. The van der Waals surface area contributed by atoms with Crippen LogP contribution in [0.2, 0.25) is 0 Å². The summed E-state index contributed by atoms with van der Waals surface area (Å²) >= 11 is 0. The van der Waals surface area contributed by atoms with Gasteiger partial charge >= 0.3 is 0 Å². The number of nitrogens with one attached hydrogen (secondary N) is 1. The number of benzene rings is 1. The maximum atomic E-state index is 5.50. The molecule has 3 N–H and O–H groups in total. The highest BCUT2D eigenvalue weighted by atomic mass is 16.5. The first-order valence-corrected chi connectivity index (χ1v) is 4.70. The van der Waals surface area contributed by atoms with Gasteiger partial charge in [0.05, 0.1) is 13.2 Å². The molecule has 0 aliphatic carbocycles. The largest absolute Gasteiger partial charge is 0.497 e. The molecule has 0 saturated heterocycles. The minimum Gasteiger partial charge on any atom is -0.497 e. The predicted octanol–water partition coefficient (Wildman–Crippen LogP) is 1.17. The Bertz CT molecular complexity index is 395. The first-order chi connectivity index (χ1) is 7.29. The minimum absolute atomic E-state index is 0.0863. The number of ether oxygens (including phenoxy) is 1. The van der Waals surface area contributed by atoms with Crippen molar-refractivity contribution in [3.8, 4) is 5.75 Å². The van der Waals surface area contributed by atoms with E-state index < -0.39 is 0 Å². The summed E-state index contributed by atoms with van der Waals surface area (Å²) in [5.41, 5.74) is 9.59. The van der Waals surface area contributed by atoms with Gasteiger partial charge in [-0.25, -0.2) is 0 Å². The number of amidine groups is 1. The first kappa shape index (κ1) is 9.58. The molecular weight excluding hydrogens is 190 g/mol. The van der Waals surface area contributed by atoms with Crippen molar-refractivity contribution >= 4 is 5.84 Å². The number of methoxy groups -OCH3 is 1. The second-order valence-electron chi connectivity index (χ2n) is 3.28. The van der Waals surface area contributed by atoms with Crippen LogP contribution >= 0.6 is 0 Å². The van der Waals surface area contributed by atoms with Crippen LogP contribution in [-0.2, 0) is 0 Å². The second kappa shape index (κ2) is 4.04. The maximum Gasteiger partial charge on any atom is 0.143 e. The van der Waals surface area contributed by atoms with Gasteiger partial charge in [-0.3, -0.25) is 5.43 Å². The van der Waals surface area contributed by atoms with Gasteiger partial charge in [0.1, 0.15) is 11.6 Å². The third kappa shape index (κ3) is 2.10. The van der Waals surface area contributed by atoms with Crippen molar-refractivity contribution in [3.63, 3.8) is 0 Å². The van der Waals surface area contributed by atoms with Gasteiger partial charge in [-0.05, 0) is 23.8 Å². The molecule has 0 aromatic heterocycles. The Hall–Kier alpha value is -1.97. The summed E-state index contributed by atoms with van der Waals surface area (Å²) in [6.45, 7) is 0. The number of hydrazone groups is 1. The van der Waals surface area contributed by atoms with E-state index >= 15 is 0 Å². The Labute approximate surface area is 88.4 Å². The fourth-order valence-electron chi connectivity index (χ4n) is 1.42. The molecule has 0 saturated carbocycles. The summed E-state index contributed by atoms with van der Waals surface area (Å²) in [7, 11) is 1.65. The molecule has 1 aliphatic heterocycles. The molecule has 1 heterocycles. The van der Waals surface area contributed by atoms with Crippen molar-refractivity contribution in [3.05, 3.63) is 42.0 Å². The van der Waals surface area contributed by atoms with Gasteiger partial charge in [0, 0.05) is 0 Å². The topological polar surface area (TPSA) is 59.6 Å². The fraction of sp³-hybridized carbons (Fsp3) is 0.182. The molecule has 0 amide bonds. The highest BCUT2D eigenvalue weighted by Gasteiger charge is 2.09. The Morgan fingerprint density at radius 3 is 2.60 bits per heavy atom. The van der Waals surface area contributed by atoms with E-state index in [1.54, 1.807) is 13.2 Å². The van der Waals surface area contributed by atoms with Crippen LogP contribution in [0, 0.1) is 0 Å². The third-order valence-corrected chi connectivity index (χ3v) is 2.27. The van der Waals surface area contributed by atoms with E-state index in [1.807, 2.05) is 30.3 Å². The fourth-order valence-corrected chi connectivity index (χ4v) is 1.42. The van der Waals surface area contributed by atoms with Gasteiger partial charge in [-0.2, -0.15) is 5.10 Å². The zero-order valence-electron chi connectivity index (χ0n) is 8.47. The lowest BCUT2D eigenvalue weighted by molar-refractivity contribution is 0.414. The van der Waals surface area contributed by atoms with E-state index in [2.05, 4.69) is 10.5 Å². The van der Waals surface area contributed by atoms with Crippen molar-refractivity contribution in [1.29, 1.82) is 0 Å². The molecule has 0 fully saturated rings. The zero-order valence-corrected chi connectivity index (χ0v) is 8.47. The number of hydrogen-bond donors (Lipinski definition) is 2. The van der Waals surface area contributed by atoms with Crippen LogP contribution in [0.15, 0.2) is 41.5 Å². The second-order valence-corrected chi connectivity index (χ2v) is 3.28. The summed E-state index contributed by atoms with van der Waals surface area (Å²) < 4.78 is 5.09. The number of hydrogen-bond acceptors (Lipinski definition) is 4. The third-order valence-electron chi connectivity index (χ3n) is 2.27. The molecule has 0 bridgehead atoms. The Balaban J connectivity index is 2.14. The van der Waals surface area contributed by atoms with Crippen molar-refractivity contribution in [2.45, 2.75) is 6.04 Å². The number of rotatable bonds is 2. The van der Waals surface area contributed by atoms with Crippen LogP contribution in [0.4, 0.5) is 0 Å². The quantitative estimate of drug-likeness (QED) is 0.758. The van der Waals surface area contributed by atoms with Crippen LogP contribution in [0.25, 0.3) is 0 Å². The zero-order chi connectivity index (χ0) is 10.7. The Morgan fingerprint density at radius 1 is 1.33 bits per heavy atom. The highest BCUT2D eigenvalue weighted by molar-refractivity contribution is 5.91. The molecule has 1 aliphatic rings. The number of nitrogens with zero attached hydrogens (tertiary/aromatic N) is 1. The summed E-state index contributed by atoms with van der Waals surface area (Å²) in [5.74, 6) is 1.35. The minimum atomic E-state index is 0.0863. The van der Waals surface area contributed by atoms with Gasteiger partial charge in [0.25, 0.3) is 0 Å². The van der Waals surface area contributed by atoms with E-state index in [0.29, 0.717) is 5.84 Å². The standard InChI is InChI=1S/C11H13N3O/c1-15-9-4-2-8(3-5-9)10-6-7-11(12)14-13-10/h2-7,10,13H,1H3,(H2,12,14). The molecule has 15 heavy (non-hydrogen) atoms. The molecular formula is C11H13N3O. The average molecular weight is 203 g/mol. The molecule has 1 aromatic carbocycles. The van der Waals surface area contributed by atoms with Gasteiger partial charge in [0.2, 0.25) is 0 Å². The summed E-state index contributed by atoms with van der Waals surface area (Å²) in [4.78, 5) is 0. The van der Waals surface area contributed by atoms with Crippen LogP contribution in [0.1, 0.15) is 11.6 Å². The lowest BCUT2D eigenvalue weighted by atomic mass is 10.1. The van der Waals surface area contributed by atoms with E-state index in [-0.39, 0.29) is 6.04 Å². The van der Waals surface area contributed by atoms with Gasteiger partial charge in [-0.15, -0.1) is 0 Å². The van der Waals surface area contributed by atoms with Gasteiger partial charge < -0.3 is 10.5 Å². The molecule has 0 radical (unpaired) electrons. The van der Waals surface area contributed by atoms with E-state index in [0.717, 1.165) is 11.3 Å². The molecule has 4 heteroatoms. The van der Waals surface area contributed by atoms with Crippen molar-refractivity contribution in [1.82, 2.24) is 5.43 Å². The van der Waals surface area contributed by atoms with Crippen molar-refractivity contribution < 1.29 is 4.74 Å². The highest BCUT2D eigenvalue weighted by Crippen LogP contribution is 2.19. The molecule has 0 spiro atoms. The Kier molecular flexibility index (Phi) is 2.58. The predicted molar refractivity (Wildman–Crippen MR) is 59.6 cm³/mol. The molecule has 78 valence electrons. The normalized spacial score (nSPS) is 19.3. The van der Waals surface area contributed by atoms with E-state index in [9.17, 15) is 0 Å². The summed E-state index contributed by atoms with van der Waals surface area (Å²) in [6, 6.07) is 7.93. The first-order valence-electron chi connectivity index (χ1n) is 4.70. The molecule has 4 nitrogen and oxygen atoms in total. The van der Waals surface area contributed by atoms with Gasteiger partial charge in [0.15, 0.2) is 0 Å². The van der Waals surface area contributed by atoms with Crippen LogP contribution in [-0.4, -0.2) is 12.9 Å². The molecule has 1 aromatic rings. The molecule has 2 rings (SSSR count). The van der Waals surface area contributed by atoms with Crippen LogP contribution in [0.5, 0.6) is 5.75 Å². The van der Waals surface area contributed by atoms with Crippen molar-refractivity contribution in [2.24, 2.45) is 10.8 Å². The van der Waals surface area contributed by atoms with Crippen molar-refractivity contribution in [2.75, 3.05) is 7.11 Å². The van der Waals surface area contributed by atoms with Crippen LogP contribution in [0.3, 0.4) is 0 Å². The maximum absolute atomic E-state index is 5.50. The summed E-state index contributed by atoms with van der Waals surface area (Å²) in [5, 5.41) is 3.96. The Morgan fingerprint density at radius 2 is 2.07 bits per heavy atom. The lowest BCUT2D eigenvalue weighted by Gasteiger charge is -2.16. The van der Waals surface area contributed by atoms with E-state index in [1.165, 1.54) is 0 Å². The average Bonchev–Trinajstić information content (AvgIpc) is 2.30. The van der Waals surface area contributed by atoms with Gasteiger partial charge in [-0.1, -0.05) is 18.2 Å². The smallest absolute Gasteiger partial charge is 0.143 e. The number of nitrogens with two attached hydrogens (primary N) is 1. The summed E-state index contributed by atoms with van der Waals surface area (Å²) in [6.07, 6.45) is 3.77. The lowest BCUT2D eigenvalue weighted by Crippen LogP contribution is -2.23. The monoisotopic (exact) mass is 203 g/mol. The van der Waals surface area contributed by atoms with E-state index in [4.69, 9.17) is 10.5 Å².